The average molecular weight is 431 g/mol. The molecule has 7 nitrogen and oxygen atoms in total. The summed E-state index contributed by atoms with van der Waals surface area (Å²) in [6.45, 7) is 3.77. The molecule has 8 heteroatoms. The largest absolute Gasteiger partial charge is 0.480 e. The van der Waals surface area contributed by atoms with Crippen LogP contribution in [0.3, 0.4) is 0 Å². The second-order valence-electron chi connectivity index (χ2n) is 9.22. The smallest absolute Gasteiger partial charge is 0.326 e. The van der Waals surface area contributed by atoms with Crippen molar-refractivity contribution in [2.24, 2.45) is 40.7 Å². The van der Waals surface area contributed by atoms with Crippen LogP contribution in [0.4, 0.5) is 0 Å². The van der Waals surface area contributed by atoms with Gasteiger partial charge in [-0.3, -0.25) is 14.5 Å². The number of imide groups is 1. The van der Waals surface area contributed by atoms with Crippen molar-refractivity contribution in [3.8, 4) is 0 Å². The molecular formula is C22H23ClN2O5. The molecule has 30 heavy (non-hydrogen) atoms. The van der Waals surface area contributed by atoms with Crippen LogP contribution in [0.1, 0.15) is 32.3 Å². The fourth-order valence-electron chi connectivity index (χ4n) is 6.08. The number of benzene rings is 1. The summed E-state index contributed by atoms with van der Waals surface area (Å²) in [5.74, 6) is -3.02. The van der Waals surface area contributed by atoms with E-state index in [1.165, 1.54) is 0 Å². The Morgan fingerprint density at radius 2 is 1.80 bits per heavy atom. The molecule has 158 valence electrons. The van der Waals surface area contributed by atoms with Gasteiger partial charge >= 0.3 is 5.97 Å². The second-order valence-corrected chi connectivity index (χ2v) is 9.66. The maximum Gasteiger partial charge on any atom is 0.326 e. The van der Waals surface area contributed by atoms with Gasteiger partial charge in [0.25, 0.3) is 0 Å². The highest BCUT2D eigenvalue weighted by atomic mass is 35.5. The molecule has 1 aromatic rings. The van der Waals surface area contributed by atoms with Gasteiger partial charge in [0.2, 0.25) is 11.8 Å². The Kier molecular flexibility index (Phi) is 4.43. The van der Waals surface area contributed by atoms with Crippen molar-refractivity contribution in [1.82, 2.24) is 4.90 Å². The molecule has 2 saturated carbocycles. The van der Waals surface area contributed by atoms with Gasteiger partial charge in [0.05, 0.1) is 17.5 Å². The Hall–Kier alpha value is -2.41. The van der Waals surface area contributed by atoms with Gasteiger partial charge in [-0.25, -0.2) is 4.79 Å². The van der Waals surface area contributed by atoms with Crippen LogP contribution in [0.25, 0.3) is 0 Å². The first-order valence-corrected chi connectivity index (χ1v) is 10.8. The second kappa shape index (κ2) is 6.80. The predicted octanol–water partition coefficient (Wildman–Crippen LogP) is 2.81. The van der Waals surface area contributed by atoms with Gasteiger partial charge in [0, 0.05) is 16.9 Å². The topological polar surface area (TPSA) is 96.3 Å². The maximum absolute atomic E-state index is 13.3. The summed E-state index contributed by atoms with van der Waals surface area (Å²) in [5, 5.41) is 14.6. The third-order valence-corrected chi connectivity index (χ3v) is 7.41. The van der Waals surface area contributed by atoms with E-state index in [1.54, 1.807) is 12.1 Å². The van der Waals surface area contributed by atoms with E-state index in [0.29, 0.717) is 5.02 Å². The van der Waals surface area contributed by atoms with Gasteiger partial charge in [-0.2, -0.15) is 0 Å². The number of oxime groups is 1. The maximum atomic E-state index is 13.3. The number of halogens is 1. The van der Waals surface area contributed by atoms with E-state index in [0.717, 1.165) is 22.6 Å². The van der Waals surface area contributed by atoms with Gasteiger partial charge in [0.1, 0.15) is 12.1 Å². The van der Waals surface area contributed by atoms with E-state index in [1.807, 2.05) is 26.0 Å². The van der Waals surface area contributed by atoms with Crippen LogP contribution in [-0.4, -0.2) is 45.6 Å². The van der Waals surface area contributed by atoms with E-state index in [-0.39, 0.29) is 48.0 Å². The molecule has 2 aliphatic carbocycles. The molecule has 0 unspecified atom stereocenters. The molecular weight excluding hydrogens is 408 g/mol. The Morgan fingerprint density at radius 3 is 2.40 bits per heavy atom. The SMILES string of the molecule is CC(C)C[C@@H](C(=O)O)N1C(=O)[C@@H]2[C@@H]3C[C@@H]([C@H]4ON=C(c5ccc(Cl)cc5)[C@@H]34)[C@@H]2C1=O. The lowest BCUT2D eigenvalue weighted by molar-refractivity contribution is -0.156. The minimum Gasteiger partial charge on any atom is -0.480 e. The van der Waals surface area contributed by atoms with E-state index >= 15 is 0 Å². The molecule has 2 bridgehead atoms. The van der Waals surface area contributed by atoms with Gasteiger partial charge in [-0.1, -0.05) is 42.7 Å². The van der Waals surface area contributed by atoms with Crippen LogP contribution in [-0.2, 0) is 19.2 Å². The lowest BCUT2D eigenvalue weighted by Gasteiger charge is -2.29. The highest BCUT2D eigenvalue weighted by Crippen LogP contribution is 2.62. The van der Waals surface area contributed by atoms with Gasteiger partial charge in [0.15, 0.2) is 0 Å². The first kappa shape index (κ1) is 19.5. The van der Waals surface area contributed by atoms with Crippen molar-refractivity contribution in [3.63, 3.8) is 0 Å². The Labute approximate surface area is 179 Å². The number of carbonyl (C=O) groups excluding carboxylic acids is 2. The van der Waals surface area contributed by atoms with Crippen molar-refractivity contribution < 1.29 is 24.3 Å². The number of hydrogen-bond donors (Lipinski definition) is 1. The fraction of sp³-hybridized carbons (Fsp3) is 0.545. The van der Waals surface area contributed by atoms with Gasteiger partial charge in [-0.05, 0) is 42.4 Å². The minimum atomic E-state index is -1.13. The molecule has 2 aliphatic heterocycles. The number of fused-ring (bicyclic) bond motifs is 8. The molecule has 7 atom stereocenters. The molecule has 2 heterocycles. The standard InChI is InChI=1S/C22H23ClN2O5/c1-9(2)7-14(22(28)29)25-20(26)15-12-8-13(16(15)21(25)27)19-17(12)18(24-30-19)10-3-5-11(23)6-4-10/h3-6,9,12-17,19H,7-8H2,1-2H3,(H,28,29)/t12-,13+,14-,15+,16-,17+,19+/m0/s1. The summed E-state index contributed by atoms with van der Waals surface area (Å²) in [5.41, 5.74) is 1.69. The van der Waals surface area contributed by atoms with E-state index in [4.69, 9.17) is 16.4 Å². The lowest BCUT2D eigenvalue weighted by Crippen LogP contribution is -2.47. The summed E-state index contributed by atoms with van der Waals surface area (Å²) >= 11 is 6.00. The van der Waals surface area contributed by atoms with Crippen LogP contribution in [0.15, 0.2) is 29.4 Å². The zero-order valence-corrected chi connectivity index (χ0v) is 17.5. The number of likely N-dealkylation sites (tertiary alicyclic amines) is 1. The van der Waals surface area contributed by atoms with Crippen molar-refractivity contribution >= 4 is 35.1 Å². The quantitative estimate of drug-likeness (QED) is 0.724. The minimum absolute atomic E-state index is 0.0511. The Balaban J connectivity index is 1.46. The zero-order valence-electron chi connectivity index (χ0n) is 16.7. The van der Waals surface area contributed by atoms with Crippen molar-refractivity contribution in [2.75, 3.05) is 0 Å². The summed E-state index contributed by atoms with van der Waals surface area (Å²) in [4.78, 5) is 45.2. The molecule has 4 aliphatic rings. The number of nitrogens with zero attached hydrogens (tertiary/aromatic N) is 2. The number of carbonyl (C=O) groups is 3. The summed E-state index contributed by atoms with van der Waals surface area (Å²) in [6.07, 6.45) is 0.736. The molecule has 3 fully saturated rings. The average Bonchev–Trinajstić information content (AvgIpc) is 3.41. The number of hydrogen-bond acceptors (Lipinski definition) is 5. The monoisotopic (exact) mass is 430 g/mol. The number of carboxylic acid groups (broad SMARTS) is 1. The van der Waals surface area contributed by atoms with Gasteiger partial charge in [-0.15, -0.1) is 0 Å². The summed E-state index contributed by atoms with van der Waals surface area (Å²) < 4.78 is 0. The van der Waals surface area contributed by atoms with Crippen LogP contribution < -0.4 is 0 Å². The van der Waals surface area contributed by atoms with Crippen LogP contribution in [0, 0.1) is 35.5 Å². The molecule has 1 N–H and O–H groups in total. The van der Waals surface area contributed by atoms with Crippen LogP contribution in [0.2, 0.25) is 5.02 Å². The first-order chi connectivity index (χ1) is 14.3. The van der Waals surface area contributed by atoms with Crippen molar-refractivity contribution in [3.05, 3.63) is 34.9 Å². The molecule has 1 saturated heterocycles. The van der Waals surface area contributed by atoms with Crippen molar-refractivity contribution in [1.29, 1.82) is 0 Å². The molecule has 5 rings (SSSR count). The van der Waals surface area contributed by atoms with Gasteiger partial charge < -0.3 is 9.94 Å². The molecule has 0 spiro atoms. The van der Waals surface area contributed by atoms with E-state index < -0.39 is 23.8 Å². The third kappa shape index (κ3) is 2.64. The summed E-state index contributed by atoms with van der Waals surface area (Å²) in [6, 6.07) is 6.23. The molecule has 1 aromatic carbocycles. The highest BCUT2D eigenvalue weighted by Gasteiger charge is 2.71. The number of amides is 2. The number of rotatable bonds is 5. The number of aliphatic carboxylic acids is 1. The Morgan fingerprint density at radius 1 is 1.17 bits per heavy atom. The highest BCUT2D eigenvalue weighted by molar-refractivity contribution is 6.30. The van der Waals surface area contributed by atoms with E-state index in [2.05, 4.69) is 5.16 Å². The molecule has 0 radical (unpaired) electrons. The third-order valence-electron chi connectivity index (χ3n) is 7.16. The Bertz CT molecular complexity index is 959. The molecule has 0 aromatic heterocycles. The van der Waals surface area contributed by atoms with E-state index in [9.17, 15) is 19.5 Å². The zero-order chi connectivity index (χ0) is 21.3. The van der Waals surface area contributed by atoms with Crippen LogP contribution in [0.5, 0.6) is 0 Å². The first-order valence-electron chi connectivity index (χ1n) is 10.4. The van der Waals surface area contributed by atoms with Crippen molar-refractivity contribution in [2.45, 2.75) is 38.8 Å². The fourth-order valence-corrected chi connectivity index (χ4v) is 6.20. The van der Waals surface area contributed by atoms with Crippen LogP contribution >= 0.6 is 11.6 Å². The molecule has 2 amide bonds. The number of carboxylic acids is 1. The predicted molar refractivity (Wildman–Crippen MR) is 108 cm³/mol. The summed E-state index contributed by atoms with van der Waals surface area (Å²) in [7, 11) is 0. The lowest BCUT2D eigenvalue weighted by atomic mass is 9.71. The normalized spacial score (nSPS) is 34.8.